The van der Waals surface area contributed by atoms with Gasteiger partial charge in [0, 0.05) is 27.9 Å². The molecule has 0 aliphatic carbocycles. The van der Waals surface area contributed by atoms with Gasteiger partial charge in [0.05, 0.1) is 36.6 Å². The lowest BCUT2D eigenvalue weighted by Crippen LogP contribution is -2.06. The van der Waals surface area contributed by atoms with Gasteiger partial charge in [-0.15, -0.1) is 15.3 Å². The molecule has 56 heavy (non-hydrogen) atoms. The third-order valence-corrected chi connectivity index (χ3v) is 11.1. The van der Waals surface area contributed by atoms with Crippen molar-refractivity contribution in [2.24, 2.45) is 20.5 Å². The van der Waals surface area contributed by atoms with E-state index in [2.05, 4.69) is 35.7 Å². The quantitative estimate of drug-likeness (QED) is 0.0763. The molecule has 290 valence electrons. The van der Waals surface area contributed by atoms with Crippen molar-refractivity contribution in [1.82, 2.24) is 9.97 Å². The Bertz CT molecular complexity index is 3150. The summed E-state index contributed by atoms with van der Waals surface area (Å²) >= 11 is 0. The van der Waals surface area contributed by atoms with Gasteiger partial charge in [0.1, 0.15) is 52.0 Å². The van der Waals surface area contributed by atoms with E-state index in [-0.39, 0.29) is 39.7 Å². The largest absolute Gasteiger partial charge is 0.744 e. The van der Waals surface area contributed by atoms with E-state index in [4.69, 9.17) is 0 Å². The molecule has 0 fully saturated rings. The van der Waals surface area contributed by atoms with Gasteiger partial charge in [0.15, 0.2) is 0 Å². The predicted molar refractivity (Wildman–Crippen MR) is 185 cm³/mol. The second-order valence-corrected chi connectivity index (χ2v) is 16.9. The van der Waals surface area contributed by atoms with Crippen LogP contribution in [-0.2, 0) is 40.5 Å². The number of hydrogen-bond donors (Lipinski definition) is 1. The third-order valence-electron chi connectivity index (χ3n) is 7.69. The number of hydrogen-bond acceptors (Lipinski definition) is 19. The number of rotatable bonds is 10. The molecule has 5 aromatic carbocycles. The summed E-state index contributed by atoms with van der Waals surface area (Å²) in [5.41, 5.74) is 0.105. The second kappa shape index (κ2) is 14.4. The zero-order valence-corrected chi connectivity index (χ0v) is 30.7. The van der Waals surface area contributed by atoms with Crippen molar-refractivity contribution in [3.8, 4) is 0 Å². The molecule has 6 rings (SSSR count). The maximum atomic E-state index is 13.5. The predicted octanol–water partition coefficient (Wildman–Crippen LogP) is 5.56. The van der Waals surface area contributed by atoms with E-state index < -0.39 is 88.5 Å². The molecule has 0 unspecified atom stereocenters. The molecule has 0 aliphatic heterocycles. The van der Waals surface area contributed by atoms with Gasteiger partial charge in [-0.1, -0.05) is 6.07 Å². The third kappa shape index (κ3) is 8.68. The van der Waals surface area contributed by atoms with Crippen LogP contribution in [0, 0.1) is 18.9 Å². The molecular weight excluding hydrogens is 829 g/mol. The maximum absolute atomic E-state index is 13.5. The highest BCUT2D eigenvalue weighted by molar-refractivity contribution is 7.87. The topological polar surface area (TPSA) is 316 Å². The van der Waals surface area contributed by atoms with Crippen molar-refractivity contribution in [1.29, 1.82) is 0 Å². The Morgan fingerprint density at radius 2 is 1.12 bits per heavy atom. The van der Waals surface area contributed by atoms with Crippen LogP contribution in [-0.4, -0.2) is 61.9 Å². The maximum Gasteiger partial charge on any atom is 0.313 e. The van der Waals surface area contributed by atoms with Crippen LogP contribution in [0.2, 0.25) is 0 Å². The monoisotopic (exact) mass is 845 g/mol. The molecule has 0 amide bonds. The number of anilines is 2. The molecule has 25 heteroatoms. The summed E-state index contributed by atoms with van der Waals surface area (Å²) in [5.74, 6) is -1.27. The minimum atomic E-state index is -5.52. The number of benzene rings is 5. The second-order valence-electron chi connectivity index (χ2n) is 11.5. The first kappa shape index (κ1) is 39.9. The van der Waals surface area contributed by atoms with E-state index in [0.717, 1.165) is 24.3 Å². The van der Waals surface area contributed by atoms with Gasteiger partial charge in [-0.3, -0.25) is 0 Å². The number of nitrogens with one attached hydrogen (secondary N) is 1. The first-order valence-corrected chi connectivity index (χ1v) is 20.5. The molecular formula is C31H17F2N7O12S4-4. The number of fused-ring (bicyclic) bond motifs is 2. The molecule has 0 aliphatic rings. The van der Waals surface area contributed by atoms with Gasteiger partial charge in [-0.05, 0) is 84.6 Å². The average molecular weight is 846 g/mol. The van der Waals surface area contributed by atoms with Crippen LogP contribution >= 0.6 is 0 Å². The lowest BCUT2D eigenvalue weighted by atomic mass is 10.1. The molecule has 0 bridgehead atoms. The summed E-state index contributed by atoms with van der Waals surface area (Å²) < 4.78 is 170. The summed E-state index contributed by atoms with van der Waals surface area (Å²) in [4.78, 5) is 2.05. The fourth-order valence-electron chi connectivity index (χ4n) is 5.24. The van der Waals surface area contributed by atoms with Crippen molar-refractivity contribution < 1.29 is 60.7 Å². The zero-order valence-electron chi connectivity index (χ0n) is 27.5. The normalized spacial score (nSPS) is 13.0. The van der Waals surface area contributed by atoms with Gasteiger partial charge in [-0.25, -0.2) is 33.7 Å². The first-order chi connectivity index (χ1) is 26.0. The molecule has 1 aromatic heterocycles. The number of nitrogens with zero attached hydrogens (tertiary/aromatic N) is 6. The minimum Gasteiger partial charge on any atom is -0.744 e. The van der Waals surface area contributed by atoms with Crippen LogP contribution < -0.4 is 5.32 Å². The van der Waals surface area contributed by atoms with Crippen LogP contribution in [0.4, 0.5) is 43.0 Å². The molecule has 6 aromatic rings. The lowest BCUT2D eigenvalue weighted by Gasteiger charge is -2.17. The van der Waals surface area contributed by atoms with Crippen LogP contribution in [0.1, 0.15) is 5.56 Å². The molecule has 0 atom stereocenters. The zero-order chi connectivity index (χ0) is 41.0. The molecule has 1 heterocycles. The Balaban J connectivity index is 1.44. The van der Waals surface area contributed by atoms with Crippen LogP contribution in [0.5, 0.6) is 0 Å². The molecule has 0 spiro atoms. The van der Waals surface area contributed by atoms with E-state index in [1.807, 2.05) is 0 Å². The Morgan fingerprint density at radius 3 is 1.71 bits per heavy atom. The lowest BCUT2D eigenvalue weighted by molar-refractivity contribution is 0.459. The number of azo groups is 2. The van der Waals surface area contributed by atoms with E-state index in [1.54, 1.807) is 13.0 Å². The first-order valence-electron chi connectivity index (χ1n) is 14.9. The fraction of sp³-hybridized carbons (Fsp3) is 0.0323. The van der Waals surface area contributed by atoms with Crippen molar-refractivity contribution in [2.45, 2.75) is 26.5 Å². The van der Waals surface area contributed by atoms with Crippen molar-refractivity contribution in [2.75, 3.05) is 5.32 Å². The summed E-state index contributed by atoms with van der Waals surface area (Å²) in [7, 11) is -21.4. The summed E-state index contributed by atoms with van der Waals surface area (Å²) in [6.45, 7) is 1.62. The van der Waals surface area contributed by atoms with E-state index in [9.17, 15) is 60.7 Å². The summed E-state index contributed by atoms with van der Waals surface area (Å²) in [6, 6.07) is 12.8. The Hall–Kier alpha value is -5.80. The number of halogens is 2. The summed E-state index contributed by atoms with van der Waals surface area (Å²) in [6.07, 6.45) is -1.29. The van der Waals surface area contributed by atoms with Gasteiger partial charge in [-0.2, -0.15) is 23.9 Å². The van der Waals surface area contributed by atoms with Crippen LogP contribution in [0.25, 0.3) is 21.5 Å². The van der Waals surface area contributed by atoms with Gasteiger partial charge >= 0.3 is 6.08 Å². The average Bonchev–Trinajstić information content (AvgIpc) is 3.07. The summed E-state index contributed by atoms with van der Waals surface area (Å²) in [5, 5.41) is 17.5. The van der Waals surface area contributed by atoms with Crippen molar-refractivity contribution in [3.63, 3.8) is 0 Å². The van der Waals surface area contributed by atoms with E-state index in [0.29, 0.717) is 29.4 Å². The molecule has 0 saturated carbocycles. The van der Waals surface area contributed by atoms with Gasteiger partial charge in [0.2, 0.25) is 5.95 Å². The van der Waals surface area contributed by atoms with E-state index >= 15 is 0 Å². The Kier molecular flexibility index (Phi) is 10.2. The molecule has 1 N–H and O–H groups in total. The molecule has 0 saturated heterocycles. The highest BCUT2D eigenvalue weighted by Crippen LogP contribution is 2.39. The van der Waals surface area contributed by atoms with Crippen molar-refractivity contribution in [3.05, 3.63) is 96.5 Å². The number of aryl methyl sites for hydroxylation is 1. The smallest absolute Gasteiger partial charge is 0.313 e. The SMILES string of the molecule is Cc1cc(Nc2cc(F)nc(F)n2)ccc1N=Nc1ccc(N=Nc2cc3c(S(=O)(=O)[O-])cc(S(=O)(=O)[O-])cc3cc2S(=O)(=O)[O-])c2ccc(S(=O)(=O)[O-])cc12. The number of aromatic nitrogens is 2. The van der Waals surface area contributed by atoms with Gasteiger partial charge in [0.25, 0.3) is 0 Å². The highest BCUT2D eigenvalue weighted by atomic mass is 32.2. The Morgan fingerprint density at radius 1 is 0.536 bits per heavy atom. The highest BCUT2D eigenvalue weighted by Gasteiger charge is 2.19. The molecule has 19 nitrogen and oxygen atoms in total. The van der Waals surface area contributed by atoms with Crippen LogP contribution in [0.3, 0.4) is 0 Å². The fourth-order valence-corrected chi connectivity index (χ4v) is 7.69. The van der Waals surface area contributed by atoms with E-state index in [1.165, 1.54) is 24.3 Å². The minimum absolute atomic E-state index is 0.0269. The van der Waals surface area contributed by atoms with Gasteiger partial charge < -0.3 is 23.5 Å². The Labute approximate surface area is 314 Å². The van der Waals surface area contributed by atoms with Crippen LogP contribution in [0.15, 0.2) is 119 Å². The van der Waals surface area contributed by atoms with Crippen molar-refractivity contribution >= 4 is 96.3 Å². The standard InChI is InChI=1S/C31H21F2N7O12S4/c1-15-8-17(34-30-14-29(32)35-31(33)36-30)2-5-23(15)37-39-25-7-6-24(20-4-3-18(11-22(20)25)53(41,42)43)38-40-26-13-21-16(10-28(26)56(50,51)52)9-19(54(44,45)46)12-27(21)55(47,48)49/h2-14H,1H3,(H,34,35,36)(H,41,42,43)(H,44,45,46)(H,47,48,49)(H,50,51,52)/p-4. The molecule has 0 radical (unpaired) electrons.